The van der Waals surface area contributed by atoms with Crippen molar-refractivity contribution in [1.82, 2.24) is 4.90 Å². The fourth-order valence-electron chi connectivity index (χ4n) is 4.39. The Morgan fingerprint density at radius 3 is 2.53 bits per heavy atom. The van der Waals surface area contributed by atoms with Gasteiger partial charge in [0.2, 0.25) is 5.91 Å². The van der Waals surface area contributed by atoms with E-state index >= 15 is 0 Å². The number of benzene rings is 2. The molecule has 0 spiro atoms. The van der Waals surface area contributed by atoms with Crippen molar-refractivity contribution in [3.05, 3.63) is 78.8 Å². The topological polar surface area (TPSA) is 93.8 Å². The molecule has 0 aliphatic carbocycles. The Kier molecular flexibility index (Phi) is 9.16. The lowest BCUT2D eigenvalue weighted by molar-refractivity contribution is -0.132. The Hall–Kier alpha value is -4.11. The number of hydrogen-bond donors (Lipinski definition) is 1. The Labute approximate surface area is 222 Å². The van der Waals surface area contributed by atoms with Gasteiger partial charge in [0.25, 0.3) is 0 Å². The molecule has 9 nitrogen and oxygen atoms in total. The molecule has 9 heteroatoms. The van der Waals surface area contributed by atoms with Gasteiger partial charge in [0, 0.05) is 30.8 Å². The maximum atomic E-state index is 13.2. The first-order valence-electron chi connectivity index (χ1n) is 12.5. The lowest BCUT2D eigenvalue weighted by Gasteiger charge is -2.35. The minimum absolute atomic E-state index is 0.0292. The number of aliphatic hydroxyl groups is 1. The summed E-state index contributed by atoms with van der Waals surface area (Å²) in [7, 11) is 3.18. The Balaban J connectivity index is 1.59. The summed E-state index contributed by atoms with van der Waals surface area (Å²) < 4.78 is 28.1. The number of hydrogen-bond acceptors (Lipinski definition) is 8. The molecule has 0 fully saturated rings. The summed E-state index contributed by atoms with van der Waals surface area (Å²) in [6.45, 7) is 5.42. The molecule has 1 atom stereocenters. The zero-order valence-corrected chi connectivity index (χ0v) is 21.8. The van der Waals surface area contributed by atoms with E-state index in [9.17, 15) is 9.90 Å². The number of fused-ring (bicyclic) bond motifs is 1. The normalized spacial score (nSPS) is 14.2. The summed E-state index contributed by atoms with van der Waals surface area (Å²) in [6, 6.07) is 14.6. The van der Waals surface area contributed by atoms with Gasteiger partial charge in [-0.2, -0.15) is 0 Å². The fraction of sp³-hybridized carbons (Fsp3) is 0.345. The Bertz CT molecular complexity index is 1190. The summed E-state index contributed by atoms with van der Waals surface area (Å²) in [6.07, 6.45) is 2.72. The van der Waals surface area contributed by atoms with Gasteiger partial charge in [-0.25, -0.2) is 0 Å². The van der Waals surface area contributed by atoms with Gasteiger partial charge in [0.1, 0.15) is 36.6 Å². The number of carbonyl (C=O) groups is 1. The molecule has 4 rings (SSSR count). The average Bonchev–Trinajstić information content (AvgIpc) is 3.45. The number of methoxy groups -OCH3 is 2. The third-order valence-corrected chi connectivity index (χ3v) is 6.26. The van der Waals surface area contributed by atoms with Crippen LogP contribution in [0.5, 0.6) is 23.0 Å². The van der Waals surface area contributed by atoms with E-state index in [2.05, 4.69) is 6.58 Å². The van der Waals surface area contributed by atoms with Gasteiger partial charge in [0.15, 0.2) is 11.5 Å². The van der Waals surface area contributed by atoms with Crippen LogP contribution in [0.15, 0.2) is 71.9 Å². The average molecular weight is 523 g/mol. The van der Waals surface area contributed by atoms with Crippen molar-refractivity contribution in [3.8, 4) is 23.0 Å². The second-order valence-corrected chi connectivity index (χ2v) is 8.86. The van der Waals surface area contributed by atoms with Crippen LogP contribution in [-0.2, 0) is 17.9 Å². The molecule has 2 aromatic carbocycles. The number of β-amino-alcohol motifs (C(OH)–C–C–N with tert-alkyl or cyclic N) is 1. The van der Waals surface area contributed by atoms with E-state index in [1.54, 1.807) is 61.8 Å². The summed E-state index contributed by atoms with van der Waals surface area (Å²) >= 11 is 0. The van der Waals surface area contributed by atoms with E-state index in [1.165, 1.54) is 0 Å². The molecule has 0 bridgehead atoms. The number of rotatable bonds is 12. The van der Waals surface area contributed by atoms with Crippen molar-refractivity contribution in [2.24, 2.45) is 0 Å². The van der Waals surface area contributed by atoms with Crippen molar-refractivity contribution >= 4 is 11.6 Å². The molecule has 1 aromatic heterocycles. The first-order chi connectivity index (χ1) is 18.5. The second-order valence-electron chi connectivity index (χ2n) is 8.86. The standard InChI is InChI=1S/C29H34N2O7/c1-4-15-37-29-25-19-31(18-24-6-5-16-36-24)28(33)13-14-30(26(25)11-12-27(29)35-3)17-21(32)20-38-23-9-7-22(34-2)8-10-23/h4-12,16,21,32H,1,13-15,17-20H2,2-3H3. The van der Waals surface area contributed by atoms with E-state index in [0.29, 0.717) is 36.1 Å². The predicted octanol–water partition coefficient (Wildman–Crippen LogP) is 4.04. The van der Waals surface area contributed by atoms with E-state index in [0.717, 1.165) is 17.0 Å². The second kappa shape index (κ2) is 12.9. The van der Waals surface area contributed by atoms with Gasteiger partial charge in [-0.1, -0.05) is 12.7 Å². The Morgan fingerprint density at radius 2 is 1.84 bits per heavy atom. The minimum Gasteiger partial charge on any atom is -0.497 e. The quantitative estimate of drug-likeness (QED) is 0.356. The molecule has 38 heavy (non-hydrogen) atoms. The summed E-state index contributed by atoms with van der Waals surface area (Å²) in [5, 5.41) is 10.9. The highest BCUT2D eigenvalue weighted by atomic mass is 16.5. The number of nitrogens with zero attached hydrogens (tertiary/aromatic N) is 2. The summed E-state index contributed by atoms with van der Waals surface area (Å²) in [5.41, 5.74) is 1.64. The molecular formula is C29H34N2O7. The van der Waals surface area contributed by atoms with Gasteiger partial charge < -0.3 is 38.3 Å². The fourth-order valence-corrected chi connectivity index (χ4v) is 4.39. The van der Waals surface area contributed by atoms with Crippen molar-refractivity contribution in [2.45, 2.75) is 25.6 Å². The van der Waals surface area contributed by atoms with Crippen LogP contribution in [0.3, 0.4) is 0 Å². The zero-order chi connectivity index (χ0) is 26.9. The predicted molar refractivity (Wildman–Crippen MR) is 143 cm³/mol. The van der Waals surface area contributed by atoms with Crippen LogP contribution in [0.4, 0.5) is 5.69 Å². The number of anilines is 1. The largest absolute Gasteiger partial charge is 0.497 e. The summed E-state index contributed by atoms with van der Waals surface area (Å²) in [4.78, 5) is 17.0. The molecule has 0 saturated heterocycles. The summed E-state index contributed by atoms with van der Waals surface area (Å²) in [5.74, 6) is 3.12. The molecule has 1 aliphatic heterocycles. The van der Waals surface area contributed by atoms with E-state index in [4.69, 9.17) is 23.4 Å². The van der Waals surface area contributed by atoms with Crippen LogP contribution in [0.25, 0.3) is 0 Å². The zero-order valence-electron chi connectivity index (χ0n) is 21.8. The minimum atomic E-state index is -0.807. The molecule has 202 valence electrons. The van der Waals surface area contributed by atoms with Crippen LogP contribution in [0.2, 0.25) is 0 Å². The molecule has 1 unspecified atom stereocenters. The number of amides is 1. The molecular weight excluding hydrogens is 488 g/mol. The van der Waals surface area contributed by atoms with Gasteiger partial charge >= 0.3 is 0 Å². The van der Waals surface area contributed by atoms with Crippen molar-refractivity contribution in [1.29, 1.82) is 0 Å². The maximum Gasteiger partial charge on any atom is 0.225 e. The maximum absolute atomic E-state index is 13.2. The first kappa shape index (κ1) is 26.9. The van der Waals surface area contributed by atoms with Crippen LogP contribution in [0.1, 0.15) is 17.7 Å². The molecule has 1 aliphatic rings. The van der Waals surface area contributed by atoms with Crippen LogP contribution >= 0.6 is 0 Å². The molecule has 2 heterocycles. The smallest absolute Gasteiger partial charge is 0.225 e. The molecule has 0 saturated carbocycles. The number of aliphatic hydroxyl groups excluding tert-OH is 1. The highest BCUT2D eigenvalue weighted by Gasteiger charge is 2.28. The monoisotopic (exact) mass is 522 g/mol. The third kappa shape index (κ3) is 6.60. The van der Waals surface area contributed by atoms with Gasteiger partial charge in [0.05, 0.1) is 33.6 Å². The van der Waals surface area contributed by atoms with Crippen LogP contribution in [0, 0.1) is 0 Å². The third-order valence-electron chi connectivity index (χ3n) is 6.26. The van der Waals surface area contributed by atoms with Crippen molar-refractivity contribution < 1.29 is 33.3 Å². The van der Waals surface area contributed by atoms with Crippen molar-refractivity contribution in [3.63, 3.8) is 0 Å². The molecule has 1 amide bonds. The number of carbonyl (C=O) groups excluding carboxylic acids is 1. The van der Waals surface area contributed by atoms with E-state index < -0.39 is 6.10 Å². The van der Waals surface area contributed by atoms with Crippen LogP contribution in [-0.4, -0.2) is 62.5 Å². The first-order valence-corrected chi connectivity index (χ1v) is 12.5. The van der Waals surface area contributed by atoms with Crippen LogP contribution < -0.4 is 23.8 Å². The van der Waals surface area contributed by atoms with Gasteiger partial charge in [-0.3, -0.25) is 4.79 Å². The van der Waals surface area contributed by atoms with Gasteiger partial charge in [-0.05, 0) is 48.5 Å². The highest BCUT2D eigenvalue weighted by Crippen LogP contribution is 2.40. The number of furan rings is 1. The van der Waals surface area contributed by atoms with E-state index in [1.807, 2.05) is 23.1 Å². The lowest BCUT2D eigenvalue weighted by Crippen LogP contribution is -2.42. The van der Waals surface area contributed by atoms with Crippen molar-refractivity contribution in [2.75, 3.05) is 45.4 Å². The lowest BCUT2D eigenvalue weighted by atomic mass is 10.1. The molecule has 0 radical (unpaired) electrons. The molecule has 1 N–H and O–H groups in total. The van der Waals surface area contributed by atoms with Gasteiger partial charge in [-0.15, -0.1) is 0 Å². The SMILES string of the molecule is C=CCOc1c(OC)ccc2c1CN(Cc1ccco1)C(=O)CCN2CC(O)COc1ccc(OC)cc1. The molecule has 3 aromatic rings. The van der Waals surface area contributed by atoms with E-state index in [-0.39, 0.29) is 38.6 Å². The Morgan fingerprint density at radius 1 is 1.05 bits per heavy atom. The highest BCUT2D eigenvalue weighted by molar-refractivity contribution is 5.79. The number of ether oxygens (including phenoxy) is 4.